The molecule has 0 amide bonds. The minimum absolute atomic E-state index is 0.237. The standard InChI is InChI=1S/C10H16FN3O/c1-2-15-6-4-10(14-12)8-3-5-13-7-9(8)11/h3,5,7,10,14H,2,4,6,12H2,1H3. The first kappa shape index (κ1) is 12.0. The van der Waals surface area contributed by atoms with Crippen molar-refractivity contribution in [1.82, 2.24) is 10.4 Å². The summed E-state index contributed by atoms with van der Waals surface area (Å²) in [6.07, 6.45) is 3.36. The van der Waals surface area contributed by atoms with Gasteiger partial charge in [0.2, 0.25) is 0 Å². The number of nitrogens with zero attached hydrogens (tertiary/aromatic N) is 1. The van der Waals surface area contributed by atoms with Crippen molar-refractivity contribution >= 4 is 0 Å². The molecule has 4 nitrogen and oxygen atoms in total. The fraction of sp³-hybridized carbons (Fsp3) is 0.500. The molecule has 0 fully saturated rings. The molecule has 84 valence electrons. The Morgan fingerprint density at radius 3 is 3.07 bits per heavy atom. The zero-order chi connectivity index (χ0) is 11.1. The fourth-order valence-electron chi connectivity index (χ4n) is 1.34. The Morgan fingerprint density at radius 1 is 1.67 bits per heavy atom. The van der Waals surface area contributed by atoms with Crippen LogP contribution in [0.1, 0.15) is 24.9 Å². The third-order valence-corrected chi connectivity index (χ3v) is 2.14. The molecule has 0 saturated heterocycles. The molecule has 1 rings (SSSR count). The summed E-state index contributed by atoms with van der Waals surface area (Å²) in [6.45, 7) is 3.11. The van der Waals surface area contributed by atoms with Crippen LogP contribution in [-0.2, 0) is 4.74 Å². The van der Waals surface area contributed by atoms with Crippen molar-refractivity contribution in [2.24, 2.45) is 5.84 Å². The fourth-order valence-corrected chi connectivity index (χ4v) is 1.34. The lowest BCUT2D eigenvalue weighted by Gasteiger charge is -2.16. The van der Waals surface area contributed by atoms with Crippen molar-refractivity contribution in [3.05, 3.63) is 29.8 Å². The molecule has 0 aromatic carbocycles. The molecule has 0 saturated carbocycles. The highest BCUT2D eigenvalue weighted by Crippen LogP contribution is 2.18. The third-order valence-electron chi connectivity index (χ3n) is 2.14. The Hall–Kier alpha value is -1.04. The lowest BCUT2D eigenvalue weighted by molar-refractivity contribution is 0.136. The number of aromatic nitrogens is 1. The van der Waals surface area contributed by atoms with Crippen molar-refractivity contribution in [2.45, 2.75) is 19.4 Å². The lowest BCUT2D eigenvalue weighted by Crippen LogP contribution is -2.29. The topological polar surface area (TPSA) is 60.2 Å². The van der Waals surface area contributed by atoms with E-state index >= 15 is 0 Å². The molecular weight excluding hydrogens is 197 g/mol. The number of hydrogen-bond donors (Lipinski definition) is 2. The van der Waals surface area contributed by atoms with Crippen LogP contribution >= 0.6 is 0 Å². The van der Waals surface area contributed by atoms with Gasteiger partial charge >= 0.3 is 0 Å². The van der Waals surface area contributed by atoms with Crippen LogP contribution in [0.3, 0.4) is 0 Å². The van der Waals surface area contributed by atoms with E-state index in [1.165, 1.54) is 6.20 Å². The number of hydrogen-bond acceptors (Lipinski definition) is 4. The average Bonchev–Trinajstić information content (AvgIpc) is 2.26. The summed E-state index contributed by atoms with van der Waals surface area (Å²) in [6, 6.07) is 1.38. The molecule has 0 aliphatic heterocycles. The van der Waals surface area contributed by atoms with Crippen molar-refractivity contribution in [3.63, 3.8) is 0 Å². The van der Waals surface area contributed by atoms with Gasteiger partial charge in [0.15, 0.2) is 0 Å². The van der Waals surface area contributed by atoms with Gasteiger partial charge in [-0.05, 0) is 19.4 Å². The maximum atomic E-state index is 13.3. The van der Waals surface area contributed by atoms with Crippen molar-refractivity contribution < 1.29 is 9.13 Å². The van der Waals surface area contributed by atoms with Crippen LogP contribution in [0.25, 0.3) is 0 Å². The van der Waals surface area contributed by atoms with Crippen LogP contribution in [0.5, 0.6) is 0 Å². The van der Waals surface area contributed by atoms with E-state index in [0.29, 0.717) is 25.2 Å². The van der Waals surface area contributed by atoms with Crippen molar-refractivity contribution in [2.75, 3.05) is 13.2 Å². The number of nitrogens with two attached hydrogens (primary N) is 1. The SMILES string of the molecule is CCOCCC(NN)c1ccncc1F. The summed E-state index contributed by atoms with van der Waals surface area (Å²) < 4.78 is 18.5. The smallest absolute Gasteiger partial charge is 0.146 e. The van der Waals surface area contributed by atoms with E-state index in [2.05, 4.69) is 10.4 Å². The molecular formula is C10H16FN3O. The molecule has 1 aromatic rings. The maximum absolute atomic E-state index is 13.3. The number of hydrazine groups is 1. The highest BCUT2D eigenvalue weighted by atomic mass is 19.1. The number of pyridine rings is 1. The van der Waals surface area contributed by atoms with Gasteiger partial charge in [-0.2, -0.15) is 0 Å². The summed E-state index contributed by atoms with van der Waals surface area (Å²) in [4.78, 5) is 3.68. The summed E-state index contributed by atoms with van der Waals surface area (Å²) in [7, 11) is 0. The van der Waals surface area contributed by atoms with E-state index in [-0.39, 0.29) is 11.9 Å². The van der Waals surface area contributed by atoms with E-state index in [4.69, 9.17) is 10.6 Å². The van der Waals surface area contributed by atoms with Crippen molar-refractivity contribution in [3.8, 4) is 0 Å². The van der Waals surface area contributed by atoms with Gasteiger partial charge in [0.1, 0.15) is 5.82 Å². The molecule has 3 N–H and O–H groups in total. The summed E-state index contributed by atoms with van der Waals surface area (Å²) in [5.74, 6) is 5.01. The molecule has 1 aromatic heterocycles. The van der Waals surface area contributed by atoms with E-state index in [1.807, 2.05) is 6.92 Å². The van der Waals surface area contributed by atoms with E-state index in [1.54, 1.807) is 12.3 Å². The normalized spacial score (nSPS) is 12.7. The van der Waals surface area contributed by atoms with Gasteiger partial charge in [0.05, 0.1) is 12.2 Å². The van der Waals surface area contributed by atoms with Crippen LogP contribution in [-0.4, -0.2) is 18.2 Å². The summed E-state index contributed by atoms with van der Waals surface area (Å²) >= 11 is 0. The largest absolute Gasteiger partial charge is 0.382 e. The second-order valence-electron chi connectivity index (χ2n) is 3.10. The molecule has 1 unspecified atom stereocenters. The van der Waals surface area contributed by atoms with Gasteiger partial charge < -0.3 is 4.74 Å². The Balaban J connectivity index is 2.61. The van der Waals surface area contributed by atoms with Crippen LogP contribution < -0.4 is 11.3 Å². The van der Waals surface area contributed by atoms with Crippen LogP contribution in [0.4, 0.5) is 4.39 Å². The molecule has 0 aliphatic rings. The minimum Gasteiger partial charge on any atom is -0.382 e. The van der Waals surface area contributed by atoms with Crippen LogP contribution in [0.2, 0.25) is 0 Å². The molecule has 5 heteroatoms. The third kappa shape index (κ3) is 3.54. The summed E-state index contributed by atoms with van der Waals surface area (Å²) in [5.41, 5.74) is 3.09. The Bertz CT molecular complexity index is 296. The molecule has 0 bridgehead atoms. The second kappa shape index (κ2) is 6.44. The second-order valence-corrected chi connectivity index (χ2v) is 3.10. The molecule has 1 heterocycles. The highest BCUT2D eigenvalue weighted by Gasteiger charge is 2.13. The van der Waals surface area contributed by atoms with Gasteiger partial charge in [-0.3, -0.25) is 16.3 Å². The Morgan fingerprint density at radius 2 is 2.47 bits per heavy atom. The molecule has 15 heavy (non-hydrogen) atoms. The summed E-state index contributed by atoms with van der Waals surface area (Å²) in [5, 5.41) is 0. The molecule has 0 radical (unpaired) electrons. The quantitative estimate of drug-likeness (QED) is 0.423. The molecule has 0 aliphatic carbocycles. The van der Waals surface area contributed by atoms with Gasteiger partial charge in [-0.25, -0.2) is 4.39 Å². The van der Waals surface area contributed by atoms with Crippen LogP contribution in [0, 0.1) is 5.82 Å². The van der Waals surface area contributed by atoms with Gasteiger partial charge in [0, 0.05) is 25.0 Å². The number of halogens is 1. The average molecular weight is 213 g/mol. The van der Waals surface area contributed by atoms with Gasteiger partial charge in [-0.1, -0.05) is 0 Å². The first-order chi connectivity index (χ1) is 7.29. The molecule has 0 spiro atoms. The van der Waals surface area contributed by atoms with Crippen LogP contribution in [0.15, 0.2) is 18.5 Å². The zero-order valence-electron chi connectivity index (χ0n) is 8.74. The maximum Gasteiger partial charge on any atom is 0.146 e. The Kier molecular flexibility index (Phi) is 5.17. The highest BCUT2D eigenvalue weighted by molar-refractivity contribution is 5.17. The van der Waals surface area contributed by atoms with E-state index < -0.39 is 0 Å². The first-order valence-electron chi connectivity index (χ1n) is 4.92. The lowest BCUT2D eigenvalue weighted by atomic mass is 10.1. The van der Waals surface area contributed by atoms with Gasteiger partial charge in [-0.15, -0.1) is 0 Å². The van der Waals surface area contributed by atoms with Gasteiger partial charge in [0.25, 0.3) is 0 Å². The first-order valence-corrected chi connectivity index (χ1v) is 4.92. The number of rotatable bonds is 6. The number of ether oxygens (including phenoxy) is 1. The zero-order valence-corrected chi connectivity index (χ0v) is 8.74. The Labute approximate surface area is 88.6 Å². The van der Waals surface area contributed by atoms with E-state index in [0.717, 1.165) is 0 Å². The van der Waals surface area contributed by atoms with Crippen molar-refractivity contribution in [1.29, 1.82) is 0 Å². The number of nitrogens with one attached hydrogen (secondary N) is 1. The minimum atomic E-state index is -0.350. The van der Waals surface area contributed by atoms with E-state index in [9.17, 15) is 4.39 Å². The predicted molar refractivity (Wildman–Crippen MR) is 55.4 cm³/mol. The predicted octanol–water partition coefficient (Wildman–Crippen LogP) is 1.15. The monoisotopic (exact) mass is 213 g/mol. The molecule has 1 atom stereocenters.